The van der Waals surface area contributed by atoms with Gasteiger partial charge in [-0.2, -0.15) is 0 Å². The minimum Gasteiger partial charge on any atom is -0.298 e. The van der Waals surface area contributed by atoms with Crippen LogP contribution >= 0.6 is 0 Å². The standard InChI is InChI=1S/C15H9NO3/c17-9-10-4-3-5-11(8-10)16-14(18)12-6-1-2-7-13(12)15(16)19/h1-9H. The number of imide groups is 1. The topological polar surface area (TPSA) is 54.5 Å². The van der Waals surface area contributed by atoms with Crippen LogP contribution in [0.4, 0.5) is 5.69 Å². The number of amides is 2. The Hall–Kier alpha value is -2.75. The lowest BCUT2D eigenvalue weighted by atomic mass is 10.1. The average molecular weight is 251 g/mol. The number of aldehydes is 1. The van der Waals surface area contributed by atoms with E-state index >= 15 is 0 Å². The van der Waals surface area contributed by atoms with E-state index in [0.29, 0.717) is 28.7 Å². The fourth-order valence-corrected chi connectivity index (χ4v) is 2.16. The normalized spacial score (nSPS) is 13.6. The van der Waals surface area contributed by atoms with Crippen molar-refractivity contribution in [2.45, 2.75) is 0 Å². The molecule has 0 fully saturated rings. The molecule has 4 nitrogen and oxygen atoms in total. The van der Waals surface area contributed by atoms with E-state index in [1.54, 1.807) is 42.5 Å². The average Bonchev–Trinajstić information content (AvgIpc) is 2.72. The van der Waals surface area contributed by atoms with Crippen LogP contribution < -0.4 is 4.90 Å². The van der Waals surface area contributed by atoms with E-state index in [9.17, 15) is 14.4 Å². The van der Waals surface area contributed by atoms with Gasteiger partial charge in [-0.3, -0.25) is 14.4 Å². The van der Waals surface area contributed by atoms with Gasteiger partial charge >= 0.3 is 0 Å². The van der Waals surface area contributed by atoms with Gasteiger partial charge in [0.05, 0.1) is 16.8 Å². The van der Waals surface area contributed by atoms with Crippen LogP contribution in [-0.4, -0.2) is 18.1 Å². The van der Waals surface area contributed by atoms with Gasteiger partial charge in [-0.05, 0) is 24.3 Å². The lowest BCUT2D eigenvalue weighted by Crippen LogP contribution is -2.29. The summed E-state index contributed by atoms with van der Waals surface area (Å²) < 4.78 is 0. The molecule has 2 aromatic carbocycles. The number of nitrogens with zero attached hydrogens (tertiary/aromatic N) is 1. The SMILES string of the molecule is O=Cc1cccc(N2C(=O)c3ccccc3C2=O)c1. The third-order valence-corrected chi connectivity index (χ3v) is 3.06. The van der Waals surface area contributed by atoms with Crippen molar-refractivity contribution >= 4 is 23.8 Å². The molecule has 0 aliphatic carbocycles. The van der Waals surface area contributed by atoms with Crippen molar-refractivity contribution < 1.29 is 14.4 Å². The Labute approximate surface area is 109 Å². The van der Waals surface area contributed by atoms with Crippen LogP contribution in [0.3, 0.4) is 0 Å². The summed E-state index contributed by atoms with van der Waals surface area (Å²) in [6.07, 6.45) is 0.682. The van der Waals surface area contributed by atoms with Crippen molar-refractivity contribution in [2.24, 2.45) is 0 Å². The van der Waals surface area contributed by atoms with Crippen LogP contribution in [0.5, 0.6) is 0 Å². The third-order valence-electron chi connectivity index (χ3n) is 3.06. The van der Waals surface area contributed by atoms with E-state index < -0.39 is 0 Å². The number of rotatable bonds is 2. The second kappa shape index (κ2) is 4.17. The molecule has 0 atom stereocenters. The molecule has 0 N–H and O–H groups in total. The van der Waals surface area contributed by atoms with Gasteiger partial charge in [-0.1, -0.05) is 24.3 Å². The predicted molar refractivity (Wildman–Crippen MR) is 69.4 cm³/mol. The smallest absolute Gasteiger partial charge is 0.266 e. The molecule has 3 rings (SSSR count). The summed E-state index contributed by atoms with van der Waals surface area (Å²) in [7, 11) is 0. The van der Waals surface area contributed by atoms with Crippen molar-refractivity contribution in [3.05, 3.63) is 65.2 Å². The second-order valence-corrected chi connectivity index (χ2v) is 4.20. The number of fused-ring (bicyclic) bond motifs is 1. The molecular formula is C15H9NO3. The first-order chi connectivity index (χ1) is 9.22. The molecule has 2 amide bonds. The summed E-state index contributed by atoms with van der Waals surface area (Å²) in [5.41, 5.74) is 1.62. The van der Waals surface area contributed by atoms with Gasteiger partial charge in [0.15, 0.2) is 0 Å². The highest BCUT2D eigenvalue weighted by molar-refractivity contribution is 6.34. The van der Waals surface area contributed by atoms with Gasteiger partial charge in [-0.15, -0.1) is 0 Å². The lowest BCUT2D eigenvalue weighted by Gasteiger charge is -2.13. The predicted octanol–water partition coefficient (Wildman–Crippen LogP) is 2.30. The van der Waals surface area contributed by atoms with Crippen molar-refractivity contribution in [3.8, 4) is 0 Å². The highest BCUT2D eigenvalue weighted by atomic mass is 16.2. The number of anilines is 1. The summed E-state index contributed by atoms with van der Waals surface area (Å²) in [4.78, 5) is 36.3. The summed E-state index contributed by atoms with van der Waals surface area (Å²) >= 11 is 0. The molecule has 0 saturated heterocycles. The van der Waals surface area contributed by atoms with Crippen molar-refractivity contribution in [2.75, 3.05) is 4.90 Å². The Morgan fingerprint density at radius 3 is 2.05 bits per heavy atom. The first kappa shape index (κ1) is 11.3. The van der Waals surface area contributed by atoms with Gasteiger partial charge in [0.25, 0.3) is 11.8 Å². The monoisotopic (exact) mass is 251 g/mol. The van der Waals surface area contributed by atoms with Crippen LogP contribution in [0.25, 0.3) is 0 Å². The molecule has 1 heterocycles. The number of carbonyl (C=O) groups excluding carboxylic acids is 3. The molecule has 1 aliphatic heterocycles. The molecule has 0 bridgehead atoms. The van der Waals surface area contributed by atoms with Crippen LogP contribution in [-0.2, 0) is 0 Å². The summed E-state index contributed by atoms with van der Waals surface area (Å²) in [5.74, 6) is -0.715. The van der Waals surface area contributed by atoms with Crippen LogP contribution in [0.15, 0.2) is 48.5 Å². The summed E-state index contributed by atoms with van der Waals surface area (Å²) in [5, 5.41) is 0. The third kappa shape index (κ3) is 1.65. The van der Waals surface area contributed by atoms with E-state index in [0.717, 1.165) is 4.90 Å². The van der Waals surface area contributed by atoms with E-state index in [1.165, 1.54) is 6.07 Å². The molecule has 0 spiro atoms. The Kier molecular flexibility index (Phi) is 2.49. The zero-order valence-corrected chi connectivity index (χ0v) is 9.87. The Bertz CT molecular complexity index is 671. The van der Waals surface area contributed by atoms with E-state index in [2.05, 4.69) is 0 Å². The fraction of sp³-hybridized carbons (Fsp3) is 0. The molecule has 0 radical (unpaired) electrons. The summed E-state index contributed by atoms with van der Waals surface area (Å²) in [6.45, 7) is 0. The maximum atomic E-state index is 12.2. The maximum Gasteiger partial charge on any atom is 0.266 e. The molecule has 92 valence electrons. The van der Waals surface area contributed by atoms with Gasteiger partial charge in [-0.25, -0.2) is 4.90 Å². The molecule has 2 aromatic rings. The van der Waals surface area contributed by atoms with Crippen LogP contribution in [0, 0.1) is 0 Å². The van der Waals surface area contributed by atoms with Crippen LogP contribution in [0.2, 0.25) is 0 Å². The largest absolute Gasteiger partial charge is 0.298 e. The van der Waals surface area contributed by atoms with Gasteiger partial charge in [0, 0.05) is 5.56 Å². The molecule has 19 heavy (non-hydrogen) atoms. The number of hydrogen-bond acceptors (Lipinski definition) is 3. The second-order valence-electron chi connectivity index (χ2n) is 4.20. The molecule has 0 saturated carbocycles. The zero-order chi connectivity index (χ0) is 13.4. The zero-order valence-electron chi connectivity index (χ0n) is 9.87. The Morgan fingerprint density at radius 1 is 0.842 bits per heavy atom. The van der Waals surface area contributed by atoms with E-state index in [4.69, 9.17) is 0 Å². The minimum atomic E-state index is -0.358. The van der Waals surface area contributed by atoms with Gasteiger partial charge in [0.2, 0.25) is 0 Å². The molecule has 4 heteroatoms. The Morgan fingerprint density at radius 2 is 1.47 bits per heavy atom. The maximum absolute atomic E-state index is 12.2. The summed E-state index contributed by atoms with van der Waals surface area (Å²) in [6, 6.07) is 13.1. The van der Waals surface area contributed by atoms with Crippen molar-refractivity contribution in [3.63, 3.8) is 0 Å². The molecule has 0 aromatic heterocycles. The first-order valence-corrected chi connectivity index (χ1v) is 5.75. The highest BCUT2D eigenvalue weighted by Gasteiger charge is 2.36. The Balaban J connectivity index is 2.11. The van der Waals surface area contributed by atoms with Crippen molar-refractivity contribution in [1.29, 1.82) is 0 Å². The number of hydrogen-bond donors (Lipinski definition) is 0. The highest BCUT2D eigenvalue weighted by Crippen LogP contribution is 2.28. The minimum absolute atomic E-state index is 0.358. The van der Waals surface area contributed by atoms with Gasteiger partial charge < -0.3 is 0 Å². The van der Waals surface area contributed by atoms with Crippen LogP contribution in [0.1, 0.15) is 31.1 Å². The molecular weight excluding hydrogens is 242 g/mol. The number of benzene rings is 2. The van der Waals surface area contributed by atoms with E-state index in [-0.39, 0.29) is 11.8 Å². The molecule has 1 aliphatic rings. The molecule has 0 unspecified atom stereocenters. The van der Waals surface area contributed by atoms with Gasteiger partial charge in [0.1, 0.15) is 6.29 Å². The van der Waals surface area contributed by atoms with E-state index in [1.807, 2.05) is 0 Å². The number of carbonyl (C=O) groups is 3. The van der Waals surface area contributed by atoms with Crippen molar-refractivity contribution in [1.82, 2.24) is 0 Å². The fourth-order valence-electron chi connectivity index (χ4n) is 2.16. The quantitative estimate of drug-likeness (QED) is 0.608. The first-order valence-electron chi connectivity index (χ1n) is 5.75. The lowest BCUT2D eigenvalue weighted by molar-refractivity contribution is 0.0925.